The summed E-state index contributed by atoms with van der Waals surface area (Å²) in [4.78, 5) is 2.20. The number of unbranched alkanes of at least 4 members (excludes halogenated alkanes) is 1. The van der Waals surface area contributed by atoms with Gasteiger partial charge in [-0.2, -0.15) is 17.0 Å². The minimum absolute atomic E-state index is 0.523. The first kappa shape index (κ1) is 17.4. The van der Waals surface area contributed by atoms with Gasteiger partial charge < -0.3 is 4.52 Å². The van der Waals surface area contributed by atoms with E-state index in [1.807, 2.05) is 13.0 Å². The highest BCUT2D eigenvalue weighted by Crippen LogP contribution is 2.14. The molecule has 7 nitrogen and oxygen atoms in total. The maximum atomic E-state index is 12.5. The Morgan fingerprint density at radius 3 is 2.55 bits per heavy atom. The summed E-state index contributed by atoms with van der Waals surface area (Å²) < 4.78 is 33.0. The highest BCUT2D eigenvalue weighted by atomic mass is 32.2. The Kier molecular flexibility index (Phi) is 5.96. The van der Waals surface area contributed by atoms with Crippen LogP contribution in [0.5, 0.6) is 0 Å². The molecule has 0 aromatic carbocycles. The molecule has 1 fully saturated rings. The van der Waals surface area contributed by atoms with E-state index < -0.39 is 10.2 Å². The zero-order valence-electron chi connectivity index (χ0n) is 13.7. The van der Waals surface area contributed by atoms with Gasteiger partial charge >= 0.3 is 0 Å². The van der Waals surface area contributed by atoms with Crippen molar-refractivity contribution >= 4 is 10.2 Å². The van der Waals surface area contributed by atoms with E-state index in [0.717, 1.165) is 24.3 Å². The summed E-state index contributed by atoms with van der Waals surface area (Å²) in [5.41, 5.74) is 0.897. The summed E-state index contributed by atoms with van der Waals surface area (Å²) in [5.74, 6) is 0.800. The normalized spacial score (nSPS) is 18.2. The standard InChI is InChI=1S/C14H26N4O3S/c1-4-5-6-16(3)22(19,20)18-9-7-17(8-10-18)12-14-11-13(2)21-15-14/h11H,4-10,12H2,1-3H3. The van der Waals surface area contributed by atoms with Crippen LogP contribution in [0.3, 0.4) is 0 Å². The number of nitrogens with zero attached hydrogens (tertiary/aromatic N) is 4. The van der Waals surface area contributed by atoms with Crippen LogP contribution in [0.15, 0.2) is 10.6 Å². The lowest BCUT2D eigenvalue weighted by molar-refractivity contribution is 0.172. The molecule has 0 aliphatic carbocycles. The van der Waals surface area contributed by atoms with Crippen molar-refractivity contribution in [2.75, 3.05) is 39.8 Å². The quantitative estimate of drug-likeness (QED) is 0.748. The average molecular weight is 330 g/mol. The van der Waals surface area contributed by atoms with E-state index in [0.29, 0.717) is 39.3 Å². The smallest absolute Gasteiger partial charge is 0.281 e. The van der Waals surface area contributed by atoms with Gasteiger partial charge in [-0.3, -0.25) is 4.90 Å². The first-order valence-corrected chi connectivity index (χ1v) is 9.19. The molecule has 2 rings (SSSR count). The predicted octanol–water partition coefficient (Wildman–Crippen LogP) is 1.08. The van der Waals surface area contributed by atoms with Crippen molar-refractivity contribution in [1.29, 1.82) is 0 Å². The van der Waals surface area contributed by atoms with Crippen LogP contribution < -0.4 is 0 Å². The van der Waals surface area contributed by atoms with Crippen LogP contribution in [-0.4, -0.2) is 66.9 Å². The first-order chi connectivity index (χ1) is 10.4. The molecular weight excluding hydrogens is 304 g/mol. The van der Waals surface area contributed by atoms with E-state index >= 15 is 0 Å². The highest BCUT2D eigenvalue weighted by Gasteiger charge is 2.30. The fourth-order valence-corrected chi connectivity index (χ4v) is 3.91. The molecule has 1 aliphatic rings. The average Bonchev–Trinajstić information content (AvgIpc) is 2.90. The van der Waals surface area contributed by atoms with Crippen molar-refractivity contribution < 1.29 is 12.9 Å². The highest BCUT2D eigenvalue weighted by molar-refractivity contribution is 7.86. The number of aromatic nitrogens is 1. The van der Waals surface area contributed by atoms with Crippen molar-refractivity contribution in [3.05, 3.63) is 17.5 Å². The van der Waals surface area contributed by atoms with Crippen molar-refractivity contribution in [2.45, 2.75) is 33.2 Å². The van der Waals surface area contributed by atoms with Crippen LogP contribution in [0.2, 0.25) is 0 Å². The Balaban J connectivity index is 1.85. The van der Waals surface area contributed by atoms with E-state index in [2.05, 4.69) is 17.0 Å². The van der Waals surface area contributed by atoms with Crippen molar-refractivity contribution in [3.8, 4) is 0 Å². The van der Waals surface area contributed by atoms with Gasteiger partial charge in [0.1, 0.15) is 5.76 Å². The van der Waals surface area contributed by atoms with Gasteiger partial charge in [-0.1, -0.05) is 18.5 Å². The summed E-state index contributed by atoms with van der Waals surface area (Å²) >= 11 is 0. The van der Waals surface area contributed by atoms with Gasteiger partial charge in [0.2, 0.25) is 0 Å². The Bertz CT molecular complexity index is 564. The molecular formula is C14H26N4O3S. The van der Waals surface area contributed by atoms with E-state index in [1.165, 1.54) is 4.31 Å². The van der Waals surface area contributed by atoms with Gasteiger partial charge in [0.15, 0.2) is 0 Å². The maximum absolute atomic E-state index is 12.5. The molecule has 0 spiro atoms. The first-order valence-electron chi connectivity index (χ1n) is 7.79. The van der Waals surface area contributed by atoms with E-state index in [9.17, 15) is 8.42 Å². The largest absolute Gasteiger partial charge is 0.361 e. The molecule has 0 amide bonds. The number of hydrogen-bond donors (Lipinski definition) is 0. The molecule has 0 N–H and O–H groups in total. The van der Waals surface area contributed by atoms with Gasteiger partial charge in [0.25, 0.3) is 10.2 Å². The van der Waals surface area contributed by atoms with Crippen molar-refractivity contribution in [2.24, 2.45) is 0 Å². The molecule has 1 aliphatic heterocycles. The lowest BCUT2D eigenvalue weighted by Crippen LogP contribution is -2.52. The van der Waals surface area contributed by atoms with Crippen molar-refractivity contribution in [1.82, 2.24) is 18.7 Å². The zero-order chi connectivity index (χ0) is 16.2. The minimum atomic E-state index is -3.32. The molecule has 0 atom stereocenters. The Morgan fingerprint density at radius 1 is 1.32 bits per heavy atom. The molecule has 1 aromatic rings. The van der Waals surface area contributed by atoms with Gasteiger partial charge in [0, 0.05) is 52.4 Å². The summed E-state index contributed by atoms with van der Waals surface area (Å²) in [6.45, 7) is 7.69. The number of aryl methyl sites for hydroxylation is 1. The summed E-state index contributed by atoms with van der Waals surface area (Å²) in [5, 5.41) is 3.98. The van der Waals surface area contributed by atoms with Crippen molar-refractivity contribution in [3.63, 3.8) is 0 Å². The lowest BCUT2D eigenvalue weighted by Gasteiger charge is -2.35. The monoisotopic (exact) mass is 330 g/mol. The second-order valence-electron chi connectivity index (χ2n) is 5.79. The molecule has 0 saturated carbocycles. The summed E-state index contributed by atoms with van der Waals surface area (Å²) in [7, 11) is -1.66. The molecule has 2 heterocycles. The minimum Gasteiger partial charge on any atom is -0.361 e. The van der Waals surface area contributed by atoms with Crippen LogP contribution in [0.1, 0.15) is 31.2 Å². The fraction of sp³-hybridized carbons (Fsp3) is 0.786. The maximum Gasteiger partial charge on any atom is 0.281 e. The Morgan fingerprint density at radius 2 is 2.00 bits per heavy atom. The zero-order valence-corrected chi connectivity index (χ0v) is 14.5. The third-order valence-electron chi connectivity index (χ3n) is 3.94. The van der Waals surface area contributed by atoms with E-state index in [1.54, 1.807) is 11.4 Å². The second kappa shape index (κ2) is 7.54. The lowest BCUT2D eigenvalue weighted by atomic mass is 10.3. The van der Waals surface area contributed by atoms with Crippen LogP contribution in [-0.2, 0) is 16.8 Å². The molecule has 0 unspecified atom stereocenters. The molecule has 0 bridgehead atoms. The summed E-state index contributed by atoms with van der Waals surface area (Å²) in [6, 6.07) is 1.92. The topological polar surface area (TPSA) is 69.9 Å². The number of piperazine rings is 1. The SMILES string of the molecule is CCCCN(C)S(=O)(=O)N1CCN(Cc2cc(C)on2)CC1. The molecule has 22 heavy (non-hydrogen) atoms. The van der Waals surface area contributed by atoms with Gasteiger partial charge in [0.05, 0.1) is 5.69 Å². The van der Waals surface area contributed by atoms with Crippen LogP contribution in [0.25, 0.3) is 0 Å². The molecule has 126 valence electrons. The fourth-order valence-electron chi connectivity index (χ4n) is 2.53. The molecule has 8 heteroatoms. The van der Waals surface area contributed by atoms with Gasteiger partial charge in [-0.15, -0.1) is 0 Å². The van der Waals surface area contributed by atoms with E-state index in [-0.39, 0.29) is 0 Å². The second-order valence-corrected chi connectivity index (χ2v) is 7.82. The molecule has 1 aromatic heterocycles. The molecule has 1 saturated heterocycles. The van der Waals surface area contributed by atoms with Crippen LogP contribution in [0.4, 0.5) is 0 Å². The third kappa shape index (κ3) is 4.28. The van der Waals surface area contributed by atoms with Crippen LogP contribution >= 0.6 is 0 Å². The van der Waals surface area contributed by atoms with Gasteiger partial charge in [-0.25, -0.2) is 0 Å². The number of hydrogen-bond acceptors (Lipinski definition) is 5. The Labute approximate surface area is 133 Å². The predicted molar refractivity (Wildman–Crippen MR) is 84.5 cm³/mol. The number of rotatable bonds is 7. The van der Waals surface area contributed by atoms with E-state index in [4.69, 9.17) is 4.52 Å². The van der Waals surface area contributed by atoms with Gasteiger partial charge in [-0.05, 0) is 13.3 Å². The summed E-state index contributed by atoms with van der Waals surface area (Å²) in [6.07, 6.45) is 1.88. The third-order valence-corrected chi connectivity index (χ3v) is 5.93. The van der Waals surface area contributed by atoms with Crippen LogP contribution in [0, 0.1) is 6.92 Å². The molecule has 0 radical (unpaired) electrons. The Hall–Kier alpha value is -0.960.